The van der Waals surface area contributed by atoms with E-state index >= 15 is 0 Å². The largest absolute Gasteiger partial charge is 0.598 e. The van der Waals surface area contributed by atoms with Crippen molar-refractivity contribution < 1.29 is 13.3 Å². The molecule has 1 aromatic carbocycles. The normalized spacial score (nSPS) is 19.6. The lowest BCUT2D eigenvalue weighted by Crippen LogP contribution is -2.41. The van der Waals surface area contributed by atoms with Crippen LogP contribution in [-0.4, -0.2) is 20.2 Å². The van der Waals surface area contributed by atoms with Gasteiger partial charge in [0.05, 0.1) is 5.69 Å². The quantitative estimate of drug-likeness (QED) is 0.765. The van der Waals surface area contributed by atoms with Crippen LogP contribution in [0.15, 0.2) is 48.7 Å². The number of hydrogen-bond acceptors (Lipinski definition) is 3. The van der Waals surface area contributed by atoms with Crippen molar-refractivity contribution >= 4 is 11.4 Å². The van der Waals surface area contributed by atoms with Crippen molar-refractivity contribution in [1.29, 1.82) is 0 Å². The fourth-order valence-electron chi connectivity index (χ4n) is 2.95. The second-order valence-corrected chi connectivity index (χ2v) is 9.82. The highest BCUT2D eigenvalue weighted by Gasteiger charge is 2.46. The van der Waals surface area contributed by atoms with Crippen LogP contribution < -0.4 is 4.72 Å². The standard InChI is InChI=1S/C20H24F2N2OS/c1-19(2,3)26(25)24-18(14-7-5-4-6-8-14)17-10-9-15(13-23-17)16-11-20(21,22)12-16/h4-10,13,16,18,24H,11-12H2,1-3H3. The molecule has 6 heteroatoms. The summed E-state index contributed by atoms with van der Waals surface area (Å²) in [5, 5.41) is 0. The average molecular weight is 378 g/mol. The molecule has 2 aromatic rings. The van der Waals surface area contributed by atoms with Crippen LogP contribution in [0.4, 0.5) is 8.78 Å². The first-order valence-corrected chi connectivity index (χ1v) is 9.87. The van der Waals surface area contributed by atoms with Gasteiger partial charge >= 0.3 is 0 Å². The minimum atomic E-state index is -2.54. The highest BCUT2D eigenvalue weighted by molar-refractivity contribution is 7.90. The number of pyridine rings is 1. The SMILES string of the molecule is CC(C)(C)[S+]([O-])NC(c1ccccc1)c1ccc(C2CC(F)(F)C2)cn1. The minimum absolute atomic E-state index is 0.109. The van der Waals surface area contributed by atoms with Crippen LogP contribution in [0.3, 0.4) is 0 Å². The molecular weight excluding hydrogens is 354 g/mol. The molecule has 2 unspecified atom stereocenters. The summed E-state index contributed by atoms with van der Waals surface area (Å²) in [6.07, 6.45) is 1.46. The van der Waals surface area contributed by atoms with Gasteiger partial charge in [0.1, 0.15) is 10.8 Å². The van der Waals surface area contributed by atoms with Crippen molar-refractivity contribution in [2.24, 2.45) is 0 Å². The highest BCUT2D eigenvalue weighted by Crippen LogP contribution is 2.48. The molecule has 0 bridgehead atoms. The number of aromatic nitrogens is 1. The molecule has 0 saturated heterocycles. The first-order valence-electron chi connectivity index (χ1n) is 8.72. The Hall–Kier alpha value is -1.50. The van der Waals surface area contributed by atoms with Crippen LogP contribution >= 0.6 is 0 Å². The van der Waals surface area contributed by atoms with Gasteiger partial charge in [0.25, 0.3) is 0 Å². The van der Waals surface area contributed by atoms with Gasteiger partial charge in [-0.2, -0.15) is 0 Å². The predicted octanol–water partition coefficient (Wildman–Crippen LogP) is 4.74. The zero-order valence-corrected chi connectivity index (χ0v) is 16.0. The molecule has 140 valence electrons. The molecule has 0 radical (unpaired) electrons. The van der Waals surface area contributed by atoms with Crippen molar-refractivity contribution in [2.75, 3.05) is 0 Å². The molecule has 1 N–H and O–H groups in total. The average Bonchev–Trinajstić information content (AvgIpc) is 2.57. The molecular formula is C20H24F2N2OS. The fourth-order valence-corrected chi connectivity index (χ4v) is 3.78. The van der Waals surface area contributed by atoms with Crippen LogP contribution in [0.2, 0.25) is 0 Å². The Morgan fingerprint density at radius 2 is 1.81 bits per heavy atom. The highest BCUT2D eigenvalue weighted by atomic mass is 32.2. The number of alkyl halides is 2. The second kappa shape index (κ2) is 7.25. The molecule has 1 aliphatic carbocycles. The zero-order chi connectivity index (χ0) is 18.9. The third-order valence-electron chi connectivity index (χ3n) is 4.58. The van der Waals surface area contributed by atoms with E-state index in [0.717, 1.165) is 16.8 Å². The number of nitrogens with zero attached hydrogens (tertiary/aromatic N) is 1. The van der Waals surface area contributed by atoms with Gasteiger partial charge in [-0.3, -0.25) is 4.98 Å². The van der Waals surface area contributed by atoms with Crippen LogP contribution in [0.1, 0.15) is 62.4 Å². The van der Waals surface area contributed by atoms with E-state index in [4.69, 9.17) is 0 Å². The van der Waals surface area contributed by atoms with Gasteiger partial charge < -0.3 is 4.55 Å². The van der Waals surface area contributed by atoms with Gasteiger partial charge in [-0.15, -0.1) is 4.72 Å². The van der Waals surface area contributed by atoms with Crippen molar-refractivity contribution in [3.05, 3.63) is 65.5 Å². The number of rotatable bonds is 5. The summed E-state index contributed by atoms with van der Waals surface area (Å²) in [6, 6.07) is 13.1. The Balaban J connectivity index is 1.82. The molecule has 0 aliphatic heterocycles. The Labute approximate surface area is 156 Å². The molecule has 1 heterocycles. The summed E-state index contributed by atoms with van der Waals surface area (Å²) in [4.78, 5) is 4.50. The van der Waals surface area contributed by atoms with E-state index in [1.807, 2.05) is 63.2 Å². The van der Waals surface area contributed by atoms with Crippen LogP contribution in [-0.2, 0) is 11.4 Å². The zero-order valence-electron chi connectivity index (χ0n) is 15.2. The van der Waals surface area contributed by atoms with Crippen LogP contribution in [0.25, 0.3) is 0 Å². The topological polar surface area (TPSA) is 48.0 Å². The van der Waals surface area contributed by atoms with Gasteiger partial charge in [-0.05, 0) is 43.9 Å². The molecule has 1 fully saturated rings. The molecule has 1 aliphatic rings. The van der Waals surface area contributed by atoms with Crippen molar-refractivity contribution in [2.45, 2.75) is 56.2 Å². The van der Waals surface area contributed by atoms with Crippen LogP contribution in [0.5, 0.6) is 0 Å². The van der Waals surface area contributed by atoms with Gasteiger partial charge in [-0.25, -0.2) is 8.78 Å². The molecule has 0 spiro atoms. The first kappa shape index (κ1) is 19.3. The van der Waals surface area contributed by atoms with E-state index in [2.05, 4.69) is 9.71 Å². The summed E-state index contributed by atoms with van der Waals surface area (Å²) in [7, 11) is 0. The number of benzene rings is 1. The maximum Gasteiger partial charge on any atom is 0.249 e. The number of hydrogen-bond donors (Lipinski definition) is 1. The maximum atomic E-state index is 13.1. The van der Waals surface area contributed by atoms with Gasteiger partial charge in [0, 0.05) is 30.4 Å². The Bertz CT molecular complexity index is 724. The lowest BCUT2D eigenvalue weighted by molar-refractivity contribution is -0.0868. The monoisotopic (exact) mass is 378 g/mol. The smallest absolute Gasteiger partial charge is 0.249 e. The summed E-state index contributed by atoms with van der Waals surface area (Å²) < 4.78 is 41.6. The molecule has 1 aromatic heterocycles. The van der Waals surface area contributed by atoms with E-state index < -0.39 is 22.0 Å². The molecule has 3 nitrogen and oxygen atoms in total. The van der Waals surface area contributed by atoms with E-state index in [-0.39, 0.29) is 24.8 Å². The summed E-state index contributed by atoms with van der Waals surface area (Å²) in [5.74, 6) is -2.67. The summed E-state index contributed by atoms with van der Waals surface area (Å²) in [6.45, 7) is 5.72. The second-order valence-electron chi connectivity index (χ2n) is 7.82. The summed E-state index contributed by atoms with van der Waals surface area (Å²) >= 11 is -1.27. The number of halogens is 2. The molecule has 0 amide bonds. The van der Waals surface area contributed by atoms with E-state index in [0.29, 0.717) is 0 Å². The van der Waals surface area contributed by atoms with Gasteiger partial charge in [-0.1, -0.05) is 36.4 Å². The maximum absolute atomic E-state index is 13.1. The molecule has 3 rings (SSSR count). The minimum Gasteiger partial charge on any atom is -0.598 e. The van der Waals surface area contributed by atoms with Crippen molar-refractivity contribution in [3.63, 3.8) is 0 Å². The van der Waals surface area contributed by atoms with Crippen molar-refractivity contribution in [3.8, 4) is 0 Å². The first-order chi connectivity index (χ1) is 12.2. The Morgan fingerprint density at radius 3 is 2.31 bits per heavy atom. The van der Waals surface area contributed by atoms with E-state index in [1.54, 1.807) is 6.20 Å². The number of nitrogens with one attached hydrogen (secondary N) is 1. The Kier molecular flexibility index (Phi) is 5.37. The lowest BCUT2D eigenvalue weighted by atomic mass is 9.77. The third kappa shape index (κ3) is 4.42. The van der Waals surface area contributed by atoms with Crippen LogP contribution in [0, 0.1) is 0 Å². The third-order valence-corrected chi connectivity index (χ3v) is 6.14. The molecule has 1 saturated carbocycles. The van der Waals surface area contributed by atoms with Crippen molar-refractivity contribution in [1.82, 2.24) is 9.71 Å². The molecule has 2 atom stereocenters. The van der Waals surface area contributed by atoms with Gasteiger partial charge in [0.15, 0.2) is 0 Å². The molecule has 26 heavy (non-hydrogen) atoms. The van der Waals surface area contributed by atoms with E-state index in [9.17, 15) is 13.3 Å². The predicted molar refractivity (Wildman–Crippen MR) is 100 cm³/mol. The fraction of sp³-hybridized carbons (Fsp3) is 0.450. The van der Waals surface area contributed by atoms with E-state index in [1.165, 1.54) is 0 Å². The lowest BCUT2D eigenvalue weighted by Gasteiger charge is -2.35. The Morgan fingerprint density at radius 1 is 1.15 bits per heavy atom. The van der Waals surface area contributed by atoms with Gasteiger partial charge in [0.2, 0.25) is 5.92 Å². The summed E-state index contributed by atoms with van der Waals surface area (Å²) in [5.41, 5.74) is 2.52.